The molecule has 1 aliphatic heterocycles. The van der Waals surface area contributed by atoms with E-state index in [9.17, 15) is 9.18 Å². The molecule has 0 bridgehead atoms. The Hall–Kier alpha value is -3.93. The number of hydrogen-bond acceptors (Lipinski definition) is 3. The molecule has 0 atom stereocenters. The number of fused-ring (bicyclic) bond motifs is 1. The molecule has 0 saturated carbocycles. The highest BCUT2D eigenvalue weighted by molar-refractivity contribution is 5.78. The second-order valence-corrected chi connectivity index (χ2v) is 8.92. The number of ether oxygens (including phenoxy) is 1. The van der Waals surface area contributed by atoms with Gasteiger partial charge in [-0.25, -0.2) is 4.39 Å². The molecule has 6 heteroatoms. The van der Waals surface area contributed by atoms with Crippen molar-refractivity contribution in [3.05, 3.63) is 95.3 Å². The van der Waals surface area contributed by atoms with Gasteiger partial charge in [-0.2, -0.15) is 5.10 Å². The van der Waals surface area contributed by atoms with Gasteiger partial charge in [0.05, 0.1) is 18.5 Å². The van der Waals surface area contributed by atoms with E-state index in [1.54, 1.807) is 30.8 Å². The molecule has 0 aliphatic carbocycles. The maximum atomic E-state index is 13.8. The van der Waals surface area contributed by atoms with E-state index >= 15 is 0 Å². The van der Waals surface area contributed by atoms with E-state index in [-0.39, 0.29) is 18.3 Å². The van der Waals surface area contributed by atoms with E-state index in [0.29, 0.717) is 18.7 Å². The Balaban J connectivity index is 1.41. The Kier molecular flexibility index (Phi) is 6.36. The fourth-order valence-electron chi connectivity index (χ4n) is 4.63. The predicted octanol–water partition coefficient (Wildman–Crippen LogP) is 5.30. The van der Waals surface area contributed by atoms with Crippen molar-refractivity contribution in [1.29, 1.82) is 0 Å². The summed E-state index contributed by atoms with van der Waals surface area (Å²) >= 11 is 0. The van der Waals surface area contributed by atoms with Crippen LogP contribution in [0.4, 0.5) is 4.39 Å². The van der Waals surface area contributed by atoms with Gasteiger partial charge in [0.1, 0.15) is 18.1 Å². The lowest BCUT2D eigenvalue weighted by molar-refractivity contribution is -0.131. The van der Waals surface area contributed by atoms with Gasteiger partial charge in [0.25, 0.3) is 0 Å². The third kappa shape index (κ3) is 4.83. The third-order valence-corrected chi connectivity index (χ3v) is 6.66. The Morgan fingerprint density at radius 2 is 1.71 bits per heavy atom. The summed E-state index contributed by atoms with van der Waals surface area (Å²) in [5.41, 5.74) is 6.44. The van der Waals surface area contributed by atoms with Crippen LogP contribution in [-0.4, -0.2) is 40.8 Å². The molecule has 1 amide bonds. The molecule has 178 valence electrons. The monoisotopic (exact) mass is 469 g/mol. The number of halogens is 1. The maximum absolute atomic E-state index is 13.8. The smallest absolute Gasteiger partial charge is 0.244 e. The second kappa shape index (κ2) is 9.74. The van der Waals surface area contributed by atoms with Gasteiger partial charge in [0.2, 0.25) is 5.91 Å². The molecule has 4 aromatic rings. The summed E-state index contributed by atoms with van der Waals surface area (Å²) in [5.74, 6) is 0.634. The number of carbonyl (C=O) groups excluding carboxylic acids is 1. The lowest BCUT2D eigenvalue weighted by Crippen LogP contribution is -2.36. The summed E-state index contributed by atoms with van der Waals surface area (Å²) in [6.07, 6.45) is 1.61. The third-order valence-electron chi connectivity index (χ3n) is 6.66. The maximum Gasteiger partial charge on any atom is 0.244 e. The predicted molar refractivity (Wildman–Crippen MR) is 135 cm³/mol. The van der Waals surface area contributed by atoms with Crippen molar-refractivity contribution in [3.8, 4) is 28.3 Å². The van der Waals surface area contributed by atoms with E-state index in [4.69, 9.17) is 9.84 Å². The number of methoxy groups -OCH3 is 1. The van der Waals surface area contributed by atoms with Crippen LogP contribution in [0.1, 0.15) is 16.7 Å². The summed E-state index contributed by atoms with van der Waals surface area (Å²) in [4.78, 5) is 15.3. The first kappa shape index (κ1) is 22.8. The molecule has 0 spiro atoms. The summed E-state index contributed by atoms with van der Waals surface area (Å²) in [6.45, 7) is 3.21. The standard InChI is InChI=1S/C29H28FN3O2/c1-20-16-24(9-11-26(20)30)27-18-28(22-6-4-3-5-7-22)33(31-27)19-29(34)32-14-12-21-8-10-25(35-2)17-23(21)13-15-32/h3-11,16-18H,12-15,19H2,1-2H3. The van der Waals surface area contributed by atoms with Crippen molar-refractivity contribution >= 4 is 5.91 Å². The largest absolute Gasteiger partial charge is 0.497 e. The van der Waals surface area contributed by atoms with Crippen molar-refractivity contribution in [2.24, 2.45) is 0 Å². The number of aromatic nitrogens is 2. The molecule has 3 aromatic carbocycles. The first-order valence-corrected chi connectivity index (χ1v) is 11.8. The van der Waals surface area contributed by atoms with E-state index < -0.39 is 0 Å². The van der Waals surface area contributed by atoms with Crippen LogP contribution >= 0.6 is 0 Å². The van der Waals surface area contributed by atoms with E-state index in [2.05, 4.69) is 12.1 Å². The molecular weight excluding hydrogens is 441 g/mol. The molecule has 0 saturated heterocycles. The lowest BCUT2D eigenvalue weighted by atomic mass is 10.0. The van der Waals surface area contributed by atoms with Crippen LogP contribution in [0.2, 0.25) is 0 Å². The molecule has 1 aromatic heterocycles. The van der Waals surface area contributed by atoms with Gasteiger partial charge in [0, 0.05) is 18.7 Å². The highest BCUT2D eigenvalue weighted by Gasteiger charge is 2.21. The van der Waals surface area contributed by atoms with Crippen molar-refractivity contribution in [1.82, 2.24) is 14.7 Å². The molecule has 35 heavy (non-hydrogen) atoms. The molecule has 5 rings (SSSR count). The Morgan fingerprint density at radius 3 is 2.46 bits per heavy atom. The SMILES string of the molecule is COc1ccc2c(c1)CCN(C(=O)Cn1nc(-c3ccc(F)c(C)c3)cc1-c1ccccc1)CC2. The minimum absolute atomic E-state index is 0.0342. The molecule has 0 unspecified atom stereocenters. The first-order valence-electron chi connectivity index (χ1n) is 11.8. The molecule has 2 heterocycles. The number of benzene rings is 3. The van der Waals surface area contributed by atoms with Crippen molar-refractivity contribution in [2.75, 3.05) is 20.2 Å². The van der Waals surface area contributed by atoms with Gasteiger partial charge in [-0.3, -0.25) is 9.48 Å². The van der Waals surface area contributed by atoms with Gasteiger partial charge >= 0.3 is 0 Å². The fourth-order valence-corrected chi connectivity index (χ4v) is 4.63. The van der Waals surface area contributed by atoms with Crippen LogP contribution in [0.25, 0.3) is 22.5 Å². The molecule has 5 nitrogen and oxygen atoms in total. The number of hydrogen-bond donors (Lipinski definition) is 0. The van der Waals surface area contributed by atoms with Crippen molar-refractivity contribution < 1.29 is 13.9 Å². The first-order chi connectivity index (χ1) is 17.0. The van der Waals surface area contributed by atoms with Gasteiger partial charge in [-0.15, -0.1) is 0 Å². The number of amides is 1. The number of carbonyl (C=O) groups is 1. The summed E-state index contributed by atoms with van der Waals surface area (Å²) in [7, 11) is 1.67. The lowest BCUT2D eigenvalue weighted by Gasteiger charge is -2.21. The van der Waals surface area contributed by atoms with Crippen molar-refractivity contribution in [2.45, 2.75) is 26.3 Å². The molecular formula is C29H28FN3O2. The highest BCUT2D eigenvalue weighted by Crippen LogP contribution is 2.28. The van der Waals surface area contributed by atoms with Crippen LogP contribution in [0.3, 0.4) is 0 Å². The fraction of sp³-hybridized carbons (Fsp3) is 0.241. The van der Waals surface area contributed by atoms with Gasteiger partial charge in [-0.1, -0.05) is 36.4 Å². The van der Waals surface area contributed by atoms with Gasteiger partial charge < -0.3 is 9.64 Å². The normalized spacial score (nSPS) is 13.3. The Labute approximate surface area is 204 Å². The highest BCUT2D eigenvalue weighted by atomic mass is 19.1. The van der Waals surface area contributed by atoms with Gasteiger partial charge in [-0.05, 0) is 78.4 Å². The topological polar surface area (TPSA) is 47.4 Å². The Morgan fingerprint density at radius 1 is 0.943 bits per heavy atom. The number of rotatable bonds is 5. The summed E-state index contributed by atoms with van der Waals surface area (Å²) < 4.78 is 21.0. The average molecular weight is 470 g/mol. The molecule has 0 radical (unpaired) electrons. The molecule has 0 fully saturated rings. The van der Waals surface area contributed by atoms with Crippen LogP contribution < -0.4 is 4.74 Å². The second-order valence-electron chi connectivity index (χ2n) is 8.92. The van der Waals surface area contributed by atoms with E-state index in [1.807, 2.05) is 47.4 Å². The molecule has 0 N–H and O–H groups in total. The number of nitrogens with zero attached hydrogens (tertiary/aromatic N) is 3. The zero-order valence-corrected chi connectivity index (χ0v) is 20.0. The molecule has 1 aliphatic rings. The van der Waals surface area contributed by atoms with Crippen molar-refractivity contribution in [3.63, 3.8) is 0 Å². The minimum atomic E-state index is -0.244. The van der Waals surface area contributed by atoms with Crippen LogP contribution in [0, 0.1) is 12.7 Å². The Bertz CT molecular complexity index is 1360. The van der Waals surface area contributed by atoms with E-state index in [0.717, 1.165) is 41.1 Å². The van der Waals surface area contributed by atoms with Crippen LogP contribution in [0.5, 0.6) is 5.75 Å². The summed E-state index contributed by atoms with van der Waals surface area (Å²) in [6, 6.07) is 23.0. The van der Waals surface area contributed by atoms with Crippen LogP contribution in [-0.2, 0) is 24.2 Å². The summed E-state index contributed by atoms with van der Waals surface area (Å²) in [5, 5.41) is 4.78. The zero-order chi connectivity index (χ0) is 24.4. The van der Waals surface area contributed by atoms with Crippen LogP contribution in [0.15, 0.2) is 72.8 Å². The zero-order valence-electron chi connectivity index (χ0n) is 20.0. The van der Waals surface area contributed by atoms with Gasteiger partial charge in [0.15, 0.2) is 0 Å². The average Bonchev–Trinajstić information content (AvgIpc) is 3.17. The van der Waals surface area contributed by atoms with E-state index in [1.165, 1.54) is 17.2 Å². The minimum Gasteiger partial charge on any atom is -0.497 e. The number of aryl methyl sites for hydroxylation is 1. The quantitative estimate of drug-likeness (QED) is 0.399.